The molecule has 0 heterocycles. The summed E-state index contributed by atoms with van der Waals surface area (Å²) >= 11 is 0. The van der Waals surface area contributed by atoms with Crippen molar-refractivity contribution in [1.82, 2.24) is 0 Å². The molecule has 0 saturated heterocycles. The van der Waals surface area contributed by atoms with E-state index in [0.717, 1.165) is 0 Å². The summed E-state index contributed by atoms with van der Waals surface area (Å²) in [5.74, 6) is -1.99. The van der Waals surface area contributed by atoms with Gasteiger partial charge < -0.3 is 26.2 Å². The summed E-state index contributed by atoms with van der Waals surface area (Å²) in [6.45, 7) is -0.718. The summed E-state index contributed by atoms with van der Waals surface area (Å²) < 4.78 is 0. The molecule has 0 bridgehead atoms. The van der Waals surface area contributed by atoms with Gasteiger partial charge in [0, 0.05) is 6.42 Å². The molecule has 0 aliphatic rings. The number of carboxylic acid groups (broad SMARTS) is 1. The molecule has 0 saturated carbocycles. The van der Waals surface area contributed by atoms with Crippen molar-refractivity contribution >= 4 is 5.97 Å². The third kappa shape index (κ3) is 2.41. The van der Waals surface area contributed by atoms with Gasteiger partial charge in [0.15, 0.2) is 11.5 Å². The van der Waals surface area contributed by atoms with E-state index in [9.17, 15) is 9.90 Å². The summed E-state index contributed by atoms with van der Waals surface area (Å²) in [6, 6.07) is 3.86. The SMILES string of the molecule is N[C@@](CO)(Cc1ccc(O)c(O)c1)C(=O)O. The Balaban J connectivity index is 2.95. The van der Waals surface area contributed by atoms with Crippen molar-refractivity contribution in [1.29, 1.82) is 0 Å². The van der Waals surface area contributed by atoms with E-state index in [2.05, 4.69) is 0 Å². The highest BCUT2D eigenvalue weighted by Gasteiger charge is 2.33. The minimum absolute atomic E-state index is 0.146. The molecule has 1 aromatic rings. The number of aromatic hydroxyl groups is 2. The van der Waals surface area contributed by atoms with Crippen LogP contribution in [0.15, 0.2) is 18.2 Å². The predicted molar refractivity (Wildman–Crippen MR) is 55.1 cm³/mol. The van der Waals surface area contributed by atoms with E-state index in [0.29, 0.717) is 5.56 Å². The molecule has 6 N–H and O–H groups in total. The second-order valence-electron chi connectivity index (χ2n) is 3.62. The number of hydrogen-bond donors (Lipinski definition) is 5. The van der Waals surface area contributed by atoms with Crippen LogP contribution in [-0.4, -0.2) is 38.5 Å². The lowest BCUT2D eigenvalue weighted by Gasteiger charge is -2.21. The fourth-order valence-corrected chi connectivity index (χ4v) is 1.24. The van der Waals surface area contributed by atoms with Crippen molar-refractivity contribution in [3.63, 3.8) is 0 Å². The van der Waals surface area contributed by atoms with Gasteiger partial charge in [0.1, 0.15) is 5.54 Å². The van der Waals surface area contributed by atoms with Gasteiger partial charge in [-0.2, -0.15) is 0 Å². The molecule has 0 aliphatic carbocycles. The number of aliphatic carboxylic acids is 1. The van der Waals surface area contributed by atoms with Crippen molar-refractivity contribution in [3.8, 4) is 11.5 Å². The quantitative estimate of drug-likeness (QED) is 0.438. The molecule has 0 aromatic heterocycles. The molecule has 0 spiro atoms. The summed E-state index contributed by atoms with van der Waals surface area (Å²) in [6.07, 6.45) is -0.146. The maximum atomic E-state index is 10.8. The first-order valence-corrected chi connectivity index (χ1v) is 4.53. The van der Waals surface area contributed by atoms with E-state index >= 15 is 0 Å². The summed E-state index contributed by atoms with van der Waals surface area (Å²) in [7, 11) is 0. The Bertz CT molecular complexity index is 406. The van der Waals surface area contributed by atoms with E-state index in [4.69, 9.17) is 21.1 Å². The van der Waals surface area contributed by atoms with Crippen LogP contribution < -0.4 is 5.73 Å². The Morgan fingerprint density at radius 3 is 2.38 bits per heavy atom. The highest BCUT2D eigenvalue weighted by molar-refractivity contribution is 5.79. The van der Waals surface area contributed by atoms with Gasteiger partial charge in [-0.25, -0.2) is 0 Å². The van der Waals surface area contributed by atoms with Gasteiger partial charge in [-0.3, -0.25) is 4.79 Å². The van der Waals surface area contributed by atoms with Crippen LogP contribution in [0.5, 0.6) is 11.5 Å². The van der Waals surface area contributed by atoms with E-state index in [1.54, 1.807) is 0 Å². The number of benzene rings is 1. The maximum absolute atomic E-state index is 10.8. The molecular weight excluding hydrogens is 214 g/mol. The lowest BCUT2D eigenvalue weighted by molar-refractivity contribution is -0.144. The van der Waals surface area contributed by atoms with Gasteiger partial charge in [-0.1, -0.05) is 6.07 Å². The summed E-state index contributed by atoms with van der Waals surface area (Å²) in [5.41, 5.74) is 4.09. The predicted octanol–water partition coefficient (Wildman–Crippen LogP) is -0.585. The Morgan fingerprint density at radius 1 is 1.31 bits per heavy atom. The van der Waals surface area contributed by atoms with Gasteiger partial charge >= 0.3 is 5.97 Å². The fourth-order valence-electron chi connectivity index (χ4n) is 1.24. The van der Waals surface area contributed by atoms with Gasteiger partial charge in [0.05, 0.1) is 6.61 Å². The zero-order valence-electron chi connectivity index (χ0n) is 8.42. The zero-order valence-corrected chi connectivity index (χ0v) is 8.42. The van der Waals surface area contributed by atoms with Crippen molar-refractivity contribution in [2.75, 3.05) is 6.61 Å². The molecule has 0 aliphatic heterocycles. The molecule has 1 rings (SSSR count). The van der Waals surface area contributed by atoms with Crippen LogP contribution in [-0.2, 0) is 11.2 Å². The standard InChI is InChI=1S/C10H13NO5/c11-10(5-12,9(15)16)4-6-1-2-7(13)8(14)3-6/h1-3,12-14H,4-5,11H2,(H,15,16)/t10-/m1/s1. The Kier molecular flexibility index (Phi) is 3.36. The second-order valence-corrected chi connectivity index (χ2v) is 3.62. The molecule has 1 aromatic carbocycles. The van der Waals surface area contributed by atoms with Gasteiger partial charge in [-0.05, 0) is 17.7 Å². The van der Waals surface area contributed by atoms with Gasteiger partial charge in [0.2, 0.25) is 0 Å². The van der Waals surface area contributed by atoms with Crippen LogP contribution in [0.25, 0.3) is 0 Å². The van der Waals surface area contributed by atoms with Crippen LogP contribution in [0.3, 0.4) is 0 Å². The lowest BCUT2D eigenvalue weighted by Crippen LogP contribution is -2.53. The van der Waals surface area contributed by atoms with Crippen molar-refractivity contribution in [3.05, 3.63) is 23.8 Å². The number of rotatable bonds is 4. The first-order valence-electron chi connectivity index (χ1n) is 4.53. The monoisotopic (exact) mass is 227 g/mol. The minimum Gasteiger partial charge on any atom is -0.504 e. The van der Waals surface area contributed by atoms with Crippen LogP contribution in [0.2, 0.25) is 0 Å². The number of phenols is 2. The third-order valence-corrected chi connectivity index (χ3v) is 2.27. The van der Waals surface area contributed by atoms with E-state index < -0.39 is 18.1 Å². The molecular formula is C10H13NO5. The van der Waals surface area contributed by atoms with E-state index in [1.165, 1.54) is 18.2 Å². The van der Waals surface area contributed by atoms with Crippen molar-refractivity contribution < 1.29 is 25.2 Å². The first kappa shape index (κ1) is 12.3. The molecule has 6 heteroatoms. The van der Waals surface area contributed by atoms with Crippen molar-refractivity contribution in [2.24, 2.45) is 5.73 Å². The molecule has 0 amide bonds. The second kappa shape index (κ2) is 4.38. The number of phenolic OH excluding ortho intramolecular Hbond substituents is 2. The topological polar surface area (TPSA) is 124 Å². The highest BCUT2D eigenvalue weighted by atomic mass is 16.4. The lowest BCUT2D eigenvalue weighted by atomic mass is 9.92. The Hall–Kier alpha value is -1.79. The third-order valence-electron chi connectivity index (χ3n) is 2.27. The molecule has 1 atom stereocenters. The average molecular weight is 227 g/mol. The Morgan fingerprint density at radius 2 is 1.94 bits per heavy atom. The molecule has 0 fully saturated rings. The normalized spacial score (nSPS) is 14.4. The molecule has 88 valence electrons. The Labute approximate surface area is 91.6 Å². The number of aliphatic hydroxyl groups excluding tert-OH is 1. The number of carboxylic acids is 1. The fraction of sp³-hybridized carbons (Fsp3) is 0.300. The van der Waals surface area contributed by atoms with Crippen molar-refractivity contribution in [2.45, 2.75) is 12.0 Å². The molecule has 16 heavy (non-hydrogen) atoms. The minimum atomic E-state index is -1.79. The van der Waals surface area contributed by atoms with E-state index in [-0.39, 0.29) is 17.9 Å². The molecule has 0 radical (unpaired) electrons. The zero-order chi connectivity index (χ0) is 12.3. The van der Waals surface area contributed by atoms with Gasteiger partial charge in [0.25, 0.3) is 0 Å². The number of hydrogen-bond acceptors (Lipinski definition) is 5. The number of aliphatic hydroxyl groups is 1. The maximum Gasteiger partial charge on any atom is 0.326 e. The molecule has 0 unspecified atom stereocenters. The van der Waals surface area contributed by atoms with Crippen LogP contribution in [0.4, 0.5) is 0 Å². The van der Waals surface area contributed by atoms with Crippen LogP contribution in [0, 0.1) is 0 Å². The largest absolute Gasteiger partial charge is 0.504 e. The average Bonchev–Trinajstić information content (AvgIpc) is 2.23. The first-order chi connectivity index (χ1) is 7.39. The van der Waals surface area contributed by atoms with Gasteiger partial charge in [-0.15, -0.1) is 0 Å². The highest BCUT2D eigenvalue weighted by Crippen LogP contribution is 2.26. The summed E-state index contributed by atoms with van der Waals surface area (Å²) in [4.78, 5) is 10.8. The van der Waals surface area contributed by atoms with Crippen LogP contribution in [0.1, 0.15) is 5.56 Å². The smallest absolute Gasteiger partial charge is 0.326 e. The van der Waals surface area contributed by atoms with Crippen LogP contribution >= 0.6 is 0 Å². The number of nitrogens with two attached hydrogens (primary N) is 1. The summed E-state index contributed by atoms with van der Waals surface area (Å²) in [5, 5.41) is 36.0. The van der Waals surface area contributed by atoms with E-state index in [1.807, 2.05) is 0 Å². The number of carbonyl (C=O) groups is 1. The molecule has 6 nitrogen and oxygen atoms in total.